The van der Waals surface area contributed by atoms with Crippen LogP contribution in [0.25, 0.3) is 10.9 Å². The largest absolute Gasteiger partial charge is 0.748 e. The number of aromatic nitrogens is 1. The average molecular weight is 504 g/mol. The van der Waals surface area contributed by atoms with Crippen LogP contribution < -0.4 is 5.32 Å². The maximum absolute atomic E-state index is 13.0. The van der Waals surface area contributed by atoms with Gasteiger partial charge in [-0.1, -0.05) is 44.0 Å². The van der Waals surface area contributed by atoms with Crippen molar-refractivity contribution in [3.8, 4) is 0 Å². The van der Waals surface area contributed by atoms with Crippen molar-refractivity contribution >= 4 is 38.4 Å². The van der Waals surface area contributed by atoms with E-state index in [9.17, 15) is 4.79 Å². The number of H-pyrrole nitrogens is 1. The van der Waals surface area contributed by atoms with Crippen LogP contribution in [0.4, 0.5) is 0 Å². The highest BCUT2D eigenvalue weighted by Gasteiger charge is 2.24. The van der Waals surface area contributed by atoms with Gasteiger partial charge in [0.05, 0.1) is 10.1 Å². The maximum atomic E-state index is 13.0. The quantitative estimate of drug-likeness (QED) is 0.339. The third-order valence-electron chi connectivity index (χ3n) is 6.14. The predicted octanol–water partition coefficient (Wildman–Crippen LogP) is 5.24. The van der Waals surface area contributed by atoms with Gasteiger partial charge in [0.1, 0.15) is 0 Å². The first-order valence-corrected chi connectivity index (χ1v) is 13.9. The zero-order valence-corrected chi connectivity index (χ0v) is 21.4. The van der Waals surface area contributed by atoms with Crippen molar-refractivity contribution in [2.45, 2.75) is 64.5 Å². The van der Waals surface area contributed by atoms with E-state index < -0.39 is 10.1 Å². The van der Waals surface area contributed by atoms with Gasteiger partial charge in [-0.25, -0.2) is 8.42 Å². The lowest BCUT2D eigenvalue weighted by Crippen LogP contribution is -2.41. The molecule has 2 atom stereocenters. The molecule has 0 bridgehead atoms. The minimum atomic E-state index is -3.92. The van der Waals surface area contributed by atoms with E-state index in [0.717, 1.165) is 24.8 Å². The molecule has 2 N–H and O–H groups in total. The van der Waals surface area contributed by atoms with E-state index in [2.05, 4.69) is 30.2 Å². The van der Waals surface area contributed by atoms with Crippen molar-refractivity contribution in [2.24, 2.45) is 0 Å². The Morgan fingerprint density at radius 3 is 2.56 bits per heavy atom. The lowest BCUT2D eigenvalue weighted by molar-refractivity contribution is 0.103. The van der Waals surface area contributed by atoms with Crippen molar-refractivity contribution in [2.75, 3.05) is 6.26 Å². The molecule has 8 heteroatoms. The number of aryl methyl sites for hydroxylation is 1. The first-order valence-electron chi connectivity index (χ1n) is 11.7. The topological polar surface area (TPSA) is 102 Å². The van der Waals surface area contributed by atoms with Crippen LogP contribution in [0.15, 0.2) is 42.5 Å². The number of hydrogen-bond acceptors (Lipinski definition) is 5. The molecule has 1 aromatic heterocycles. The van der Waals surface area contributed by atoms with E-state index in [0.29, 0.717) is 34.5 Å². The molecule has 1 aliphatic rings. The number of benzene rings is 2. The first kappa shape index (κ1) is 26.4. The Bertz CT molecular complexity index is 1240. The van der Waals surface area contributed by atoms with E-state index in [1.54, 1.807) is 12.1 Å². The molecule has 0 spiro atoms. The highest BCUT2D eigenvalue weighted by atomic mass is 35.5. The summed E-state index contributed by atoms with van der Waals surface area (Å²) in [6.07, 6.45) is 7.45. The van der Waals surface area contributed by atoms with Crippen molar-refractivity contribution in [1.82, 2.24) is 10.3 Å². The molecule has 6 nitrogen and oxygen atoms in total. The van der Waals surface area contributed by atoms with Crippen molar-refractivity contribution in [3.05, 3.63) is 69.9 Å². The van der Waals surface area contributed by atoms with E-state index in [1.807, 2.05) is 24.3 Å². The standard InChI is InChI=1S/C25H29ClN2O.CH4O3S/c1-3-6-19(4-2)27-20-10-12-24-22(15-20)21-14-17(9-11-23(21)28-24)25(29)16-7-5-8-18(26)13-16;1-5(2,3)4/h5,7-9,11,13-14,19-20,27-28H,3-4,6,10,12,15H2,1-2H3;1H3,(H,2,3,4)/p-1. The monoisotopic (exact) mass is 503 g/mol. The van der Waals surface area contributed by atoms with Crippen LogP contribution in [-0.4, -0.2) is 42.1 Å². The molecule has 0 saturated heterocycles. The molecule has 2 unspecified atom stereocenters. The molecular weight excluding hydrogens is 472 g/mol. The summed E-state index contributed by atoms with van der Waals surface area (Å²) in [5, 5.41) is 5.64. The maximum Gasteiger partial charge on any atom is 0.193 e. The third kappa shape index (κ3) is 7.15. The molecule has 184 valence electrons. The van der Waals surface area contributed by atoms with E-state index in [4.69, 9.17) is 24.6 Å². The van der Waals surface area contributed by atoms with Gasteiger partial charge < -0.3 is 14.9 Å². The van der Waals surface area contributed by atoms with Crippen LogP contribution >= 0.6 is 11.6 Å². The van der Waals surface area contributed by atoms with Gasteiger partial charge in [0.25, 0.3) is 0 Å². The summed E-state index contributed by atoms with van der Waals surface area (Å²) in [4.78, 5) is 16.6. The smallest absolute Gasteiger partial charge is 0.193 e. The molecule has 34 heavy (non-hydrogen) atoms. The van der Waals surface area contributed by atoms with E-state index in [-0.39, 0.29) is 5.78 Å². The van der Waals surface area contributed by atoms with Crippen molar-refractivity contribution < 1.29 is 17.8 Å². The molecule has 0 saturated carbocycles. The number of nitrogens with one attached hydrogen (secondary N) is 2. The van der Waals surface area contributed by atoms with Crippen LogP contribution in [0.2, 0.25) is 5.02 Å². The Balaban J connectivity index is 0.000000588. The Labute approximate surface area is 206 Å². The van der Waals surface area contributed by atoms with Crippen LogP contribution in [0.1, 0.15) is 66.7 Å². The molecule has 0 aliphatic heterocycles. The van der Waals surface area contributed by atoms with Gasteiger partial charge in [0.2, 0.25) is 0 Å². The van der Waals surface area contributed by atoms with Crippen LogP contribution in [0.5, 0.6) is 0 Å². The average Bonchev–Trinajstić information content (AvgIpc) is 3.14. The molecular formula is C26H32ClN2O4S-. The number of carbonyl (C=O) groups is 1. The van der Waals surface area contributed by atoms with E-state index in [1.165, 1.54) is 35.9 Å². The Morgan fingerprint density at radius 1 is 1.21 bits per heavy atom. The molecule has 0 amide bonds. The van der Waals surface area contributed by atoms with Crippen molar-refractivity contribution in [3.63, 3.8) is 0 Å². The number of halogens is 1. The fourth-order valence-corrected chi connectivity index (χ4v) is 4.77. The lowest BCUT2D eigenvalue weighted by Gasteiger charge is -2.28. The molecule has 3 aromatic rings. The Kier molecular flexibility index (Phi) is 8.93. The van der Waals surface area contributed by atoms with Crippen LogP contribution in [0.3, 0.4) is 0 Å². The normalized spacial score (nSPS) is 16.4. The predicted molar refractivity (Wildman–Crippen MR) is 137 cm³/mol. The van der Waals surface area contributed by atoms with Gasteiger partial charge in [-0.3, -0.25) is 4.79 Å². The highest BCUT2D eigenvalue weighted by Crippen LogP contribution is 2.31. The zero-order valence-electron chi connectivity index (χ0n) is 19.9. The van der Waals surface area contributed by atoms with Gasteiger partial charge in [-0.2, -0.15) is 0 Å². The minimum Gasteiger partial charge on any atom is -0.748 e. The summed E-state index contributed by atoms with van der Waals surface area (Å²) in [5.74, 6) is 0.0174. The van der Waals surface area contributed by atoms with E-state index >= 15 is 0 Å². The summed E-state index contributed by atoms with van der Waals surface area (Å²) in [6, 6.07) is 14.3. The number of hydrogen-bond donors (Lipinski definition) is 2. The van der Waals surface area contributed by atoms with Gasteiger partial charge >= 0.3 is 0 Å². The number of rotatable bonds is 7. The Morgan fingerprint density at radius 2 is 1.91 bits per heavy atom. The number of carbonyl (C=O) groups excluding carboxylic acids is 1. The van der Waals surface area contributed by atoms with Gasteiger partial charge in [-0.05, 0) is 68.0 Å². The molecule has 2 aromatic carbocycles. The number of fused-ring (bicyclic) bond motifs is 3. The molecule has 1 heterocycles. The third-order valence-corrected chi connectivity index (χ3v) is 6.37. The molecule has 0 radical (unpaired) electrons. The van der Waals surface area contributed by atoms with Gasteiger partial charge in [-0.15, -0.1) is 0 Å². The fourth-order valence-electron chi connectivity index (χ4n) is 4.58. The minimum absolute atomic E-state index is 0.0174. The molecule has 1 aliphatic carbocycles. The molecule has 0 fully saturated rings. The number of ketones is 1. The van der Waals surface area contributed by atoms with Crippen LogP contribution in [0, 0.1) is 0 Å². The second-order valence-electron chi connectivity index (χ2n) is 8.89. The second kappa shape index (κ2) is 11.5. The summed E-state index contributed by atoms with van der Waals surface area (Å²) in [5.41, 5.74) is 5.17. The lowest BCUT2D eigenvalue weighted by atomic mass is 9.90. The zero-order chi connectivity index (χ0) is 24.9. The van der Waals surface area contributed by atoms with Gasteiger partial charge in [0, 0.05) is 51.1 Å². The van der Waals surface area contributed by atoms with Crippen molar-refractivity contribution in [1.29, 1.82) is 0 Å². The van der Waals surface area contributed by atoms with Crippen LogP contribution in [-0.2, 0) is 23.0 Å². The second-order valence-corrected chi connectivity index (χ2v) is 10.7. The molecule has 4 rings (SSSR count). The summed E-state index contributed by atoms with van der Waals surface area (Å²) >= 11 is 6.08. The Hall–Kier alpha value is -2.19. The first-order chi connectivity index (χ1) is 16.1. The SMILES string of the molecule is CCCC(CC)NC1CCc2[nH]c3ccc(C(=O)c4cccc(Cl)c4)cc3c2C1.CS(=O)(=O)[O-]. The summed E-state index contributed by atoms with van der Waals surface area (Å²) in [6.45, 7) is 4.52. The number of aromatic amines is 1. The fraction of sp³-hybridized carbons (Fsp3) is 0.423. The van der Waals surface area contributed by atoms with Gasteiger partial charge in [0.15, 0.2) is 5.78 Å². The summed E-state index contributed by atoms with van der Waals surface area (Å²) < 4.78 is 27.2. The summed E-state index contributed by atoms with van der Waals surface area (Å²) in [7, 11) is -3.92. The highest BCUT2D eigenvalue weighted by molar-refractivity contribution is 7.84.